The van der Waals surface area contributed by atoms with Crippen LogP contribution >= 0.6 is 11.6 Å². The molecule has 182 valence electrons. The molecule has 1 aromatic carbocycles. The monoisotopic (exact) mass is 513 g/mol. The van der Waals surface area contributed by atoms with Crippen molar-refractivity contribution >= 4 is 17.2 Å². The predicted molar refractivity (Wildman–Crippen MR) is 125 cm³/mol. The molecule has 0 aliphatic heterocycles. The molecule has 0 spiro atoms. The molecule has 5 rings (SSSR count). The van der Waals surface area contributed by atoms with Crippen molar-refractivity contribution in [3.05, 3.63) is 98.4 Å². The highest BCUT2D eigenvalue weighted by Crippen LogP contribution is 2.32. The first-order valence-corrected chi connectivity index (χ1v) is 10.8. The third-order valence-electron chi connectivity index (χ3n) is 5.53. The van der Waals surface area contributed by atoms with Crippen LogP contribution in [0.3, 0.4) is 0 Å². The second kappa shape index (κ2) is 8.72. The van der Waals surface area contributed by atoms with E-state index in [9.17, 15) is 22.8 Å². The lowest BCUT2D eigenvalue weighted by molar-refractivity contribution is -0.141. The van der Waals surface area contributed by atoms with Crippen molar-refractivity contribution in [1.29, 1.82) is 0 Å². The van der Waals surface area contributed by atoms with Crippen LogP contribution in [0.4, 0.5) is 13.2 Å². The molecule has 0 saturated carbocycles. The SMILES string of the molecule is Cn1c(=O)c(-c2ccc(Cl)cc2)c(-c2cncnc2)c2nn(Cc3ccc(C(F)(F)F)nc3)c(=O)n21. The van der Waals surface area contributed by atoms with Gasteiger partial charge >= 0.3 is 11.9 Å². The van der Waals surface area contributed by atoms with Crippen LogP contribution in [-0.4, -0.2) is 33.9 Å². The minimum atomic E-state index is -4.58. The van der Waals surface area contributed by atoms with Gasteiger partial charge in [0.1, 0.15) is 12.0 Å². The van der Waals surface area contributed by atoms with Gasteiger partial charge in [0.25, 0.3) is 5.56 Å². The van der Waals surface area contributed by atoms with Crippen molar-refractivity contribution in [2.24, 2.45) is 7.05 Å². The maximum Gasteiger partial charge on any atom is 0.433 e. The summed E-state index contributed by atoms with van der Waals surface area (Å²) in [6.45, 7) is -0.166. The highest BCUT2D eigenvalue weighted by atomic mass is 35.5. The lowest BCUT2D eigenvalue weighted by Gasteiger charge is -2.13. The highest BCUT2D eigenvalue weighted by Gasteiger charge is 2.32. The summed E-state index contributed by atoms with van der Waals surface area (Å²) < 4.78 is 41.8. The van der Waals surface area contributed by atoms with Crippen LogP contribution in [0.5, 0.6) is 0 Å². The number of fused-ring (bicyclic) bond motifs is 1. The van der Waals surface area contributed by atoms with Crippen LogP contribution in [0, 0.1) is 0 Å². The maximum atomic E-state index is 13.5. The summed E-state index contributed by atoms with van der Waals surface area (Å²) in [5.74, 6) is 0. The van der Waals surface area contributed by atoms with Crippen molar-refractivity contribution in [2.75, 3.05) is 0 Å². The van der Waals surface area contributed by atoms with Gasteiger partial charge in [-0.15, -0.1) is 5.10 Å². The maximum absolute atomic E-state index is 13.5. The quantitative estimate of drug-likeness (QED) is 0.365. The molecule has 0 N–H and O–H groups in total. The molecule has 5 aromatic rings. The zero-order valence-electron chi connectivity index (χ0n) is 18.4. The van der Waals surface area contributed by atoms with Gasteiger partial charge in [-0.25, -0.2) is 24.1 Å². The zero-order valence-corrected chi connectivity index (χ0v) is 19.2. The van der Waals surface area contributed by atoms with E-state index in [0.29, 0.717) is 27.3 Å². The first-order chi connectivity index (χ1) is 17.1. The van der Waals surface area contributed by atoms with Gasteiger partial charge in [0.15, 0.2) is 5.65 Å². The summed E-state index contributed by atoms with van der Waals surface area (Å²) >= 11 is 6.03. The second-order valence-corrected chi connectivity index (χ2v) is 8.27. The average molecular weight is 514 g/mol. The van der Waals surface area contributed by atoms with Gasteiger partial charge in [0.05, 0.1) is 12.1 Å². The fourth-order valence-electron chi connectivity index (χ4n) is 3.84. The van der Waals surface area contributed by atoms with Crippen LogP contribution in [0.1, 0.15) is 11.3 Å². The number of pyridine rings is 1. The van der Waals surface area contributed by atoms with E-state index < -0.39 is 23.1 Å². The molecule has 0 aliphatic carbocycles. The topological polar surface area (TPSA) is 100.0 Å². The number of benzene rings is 1. The number of halogens is 4. The summed E-state index contributed by atoms with van der Waals surface area (Å²) in [5, 5.41) is 4.92. The molecule has 0 unspecified atom stereocenters. The molecule has 0 amide bonds. The van der Waals surface area contributed by atoms with Crippen LogP contribution in [0.2, 0.25) is 5.02 Å². The Morgan fingerprint density at radius 1 is 0.917 bits per heavy atom. The molecule has 0 aliphatic rings. The summed E-state index contributed by atoms with van der Waals surface area (Å²) in [5.41, 5.74) is -0.175. The van der Waals surface area contributed by atoms with Crippen LogP contribution in [0.25, 0.3) is 27.9 Å². The van der Waals surface area contributed by atoms with Gasteiger partial charge < -0.3 is 0 Å². The highest BCUT2D eigenvalue weighted by molar-refractivity contribution is 6.30. The third-order valence-corrected chi connectivity index (χ3v) is 5.78. The van der Waals surface area contributed by atoms with E-state index in [4.69, 9.17) is 11.6 Å². The van der Waals surface area contributed by atoms with E-state index in [2.05, 4.69) is 20.1 Å². The summed E-state index contributed by atoms with van der Waals surface area (Å²) in [4.78, 5) is 38.2. The molecule has 0 saturated heterocycles. The Morgan fingerprint density at radius 3 is 2.22 bits per heavy atom. The van der Waals surface area contributed by atoms with E-state index in [0.717, 1.165) is 26.1 Å². The van der Waals surface area contributed by atoms with Gasteiger partial charge in [0, 0.05) is 41.8 Å². The Labute approximate surface area is 205 Å². The van der Waals surface area contributed by atoms with Crippen molar-refractivity contribution in [1.82, 2.24) is 33.9 Å². The fraction of sp³-hybridized carbons (Fsp3) is 0.130. The first kappa shape index (κ1) is 23.4. The van der Waals surface area contributed by atoms with E-state index >= 15 is 0 Å². The number of aryl methyl sites for hydroxylation is 1. The Hall–Kier alpha value is -4.32. The number of hydrogen-bond donors (Lipinski definition) is 0. The standard InChI is InChI=1S/C23H15ClF3N7O2/c1-32-21(35)19(14-3-5-16(24)6-4-14)18(15-9-28-12-29-10-15)20-31-33(22(36)34(20)32)11-13-2-7-17(30-8-13)23(25,26)27/h2-10,12H,11H2,1H3. The molecule has 0 bridgehead atoms. The lowest BCUT2D eigenvalue weighted by atomic mass is 9.98. The van der Waals surface area contributed by atoms with E-state index in [1.807, 2.05) is 0 Å². The molecular weight excluding hydrogens is 499 g/mol. The number of hydrogen-bond acceptors (Lipinski definition) is 6. The number of aromatic nitrogens is 7. The molecule has 4 heterocycles. The number of nitrogens with zero attached hydrogens (tertiary/aromatic N) is 7. The first-order valence-electron chi connectivity index (χ1n) is 10.4. The van der Waals surface area contributed by atoms with Crippen LogP contribution in [-0.2, 0) is 19.8 Å². The van der Waals surface area contributed by atoms with E-state index in [1.165, 1.54) is 31.8 Å². The van der Waals surface area contributed by atoms with Crippen LogP contribution < -0.4 is 11.2 Å². The molecule has 0 radical (unpaired) electrons. The molecule has 0 atom stereocenters. The number of rotatable bonds is 4. The average Bonchev–Trinajstić information content (AvgIpc) is 3.18. The van der Waals surface area contributed by atoms with Gasteiger partial charge in [-0.1, -0.05) is 29.8 Å². The summed E-state index contributed by atoms with van der Waals surface area (Å²) in [6, 6.07) is 8.66. The predicted octanol–water partition coefficient (Wildman–Crippen LogP) is 3.43. The largest absolute Gasteiger partial charge is 0.433 e. The van der Waals surface area contributed by atoms with Gasteiger partial charge in [-0.05, 0) is 29.3 Å². The van der Waals surface area contributed by atoms with Crippen molar-refractivity contribution in [3.63, 3.8) is 0 Å². The molecule has 13 heteroatoms. The minimum absolute atomic E-state index is 0.140. The van der Waals surface area contributed by atoms with E-state index in [1.54, 1.807) is 24.3 Å². The van der Waals surface area contributed by atoms with Crippen molar-refractivity contribution < 1.29 is 13.2 Å². The van der Waals surface area contributed by atoms with Crippen LogP contribution in [0.15, 0.2) is 70.9 Å². The Balaban J connectivity index is 1.74. The third kappa shape index (κ3) is 4.05. The normalized spacial score (nSPS) is 11.8. The molecular formula is C23H15ClF3N7O2. The van der Waals surface area contributed by atoms with Gasteiger partial charge in [-0.3, -0.25) is 9.78 Å². The molecule has 36 heavy (non-hydrogen) atoms. The lowest BCUT2D eigenvalue weighted by Crippen LogP contribution is -2.33. The summed E-state index contributed by atoms with van der Waals surface area (Å²) in [7, 11) is 1.42. The van der Waals surface area contributed by atoms with Gasteiger partial charge in [0.2, 0.25) is 0 Å². The molecule has 9 nitrogen and oxygen atoms in total. The second-order valence-electron chi connectivity index (χ2n) is 7.84. The summed E-state index contributed by atoms with van der Waals surface area (Å²) in [6.07, 6.45) is 0.756. The number of alkyl halides is 3. The van der Waals surface area contributed by atoms with Crippen molar-refractivity contribution in [2.45, 2.75) is 12.7 Å². The Morgan fingerprint density at radius 2 is 1.61 bits per heavy atom. The Kier molecular flexibility index (Phi) is 5.67. The molecule has 0 fully saturated rings. The smallest absolute Gasteiger partial charge is 0.267 e. The molecule has 4 aromatic heterocycles. The minimum Gasteiger partial charge on any atom is -0.267 e. The fourth-order valence-corrected chi connectivity index (χ4v) is 3.97. The zero-order chi connectivity index (χ0) is 25.6. The van der Waals surface area contributed by atoms with Gasteiger partial charge in [-0.2, -0.15) is 17.7 Å². The van der Waals surface area contributed by atoms with E-state index in [-0.39, 0.29) is 17.8 Å². The van der Waals surface area contributed by atoms with Crippen molar-refractivity contribution in [3.8, 4) is 22.3 Å². The Bertz CT molecular complexity index is 1690.